The summed E-state index contributed by atoms with van der Waals surface area (Å²) in [7, 11) is 0. The Hall–Kier alpha value is -1.19. The predicted molar refractivity (Wildman–Crippen MR) is 75.9 cm³/mol. The van der Waals surface area contributed by atoms with Crippen molar-refractivity contribution in [3.8, 4) is 0 Å². The molecule has 1 saturated heterocycles. The molecular formula is C16H22N2O. The summed E-state index contributed by atoms with van der Waals surface area (Å²) in [6.45, 7) is 4.34. The normalized spacial score (nSPS) is 26.2. The summed E-state index contributed by atoms with van der Waals surface area (Å²) in [4.78, 5) is 4.23. The summed E-state index contributed by atoms with van der Waals surface area (Å²) >= 11 is 0. The van der Waals surface area contributed by atoms with Crippen molar-refractivity contribution in [2.75, 3.05) is 13.1 Å². The van der Waals surface area contributed by atoms with Crippen molar-refractivity contribution in [3.63, 3.8) is 0 Å². The van der Waals surface area contributed by atoms with E-state index in [2.05, 4.69) is 29.4 Å². The highest BCUT2D eigenvalue weighted by atomic mass is 16.5. The summed E-state index contributed by atoms with van der Waals surface area (Å²) in [5.74, 6) is 0. The number of hydrogen-bond acceptors (Lipinski definition) is 3. The fourth-order valence-corrected chi connectivity index (χ4v) is 3.14. The van der Waals surface area contributed by atoms with Gasteiger partial charge < -0.3 is 10.1 Å². The minimum atomic E-state index is -0.0463. The Balaban J connectivity index is 1.87. The van der Waals surface area contributed by atoms with E-state index in [0.717, 1.165) is 38.8 Å². The van der Waals surface area contributed by atoms with Crippen molar-refractivity contribution in [2.45, 2.75) is 44.3 Å². The molecule has 3 heteroatoms. The van der Waals surface area contributed by atoms with Crippen molar-refractivity contribution in [1.29, 1.82) is 0 Å². The first-order valence-electron chi connectivity index (χ1n) is 7.30. The van der Waals surface area contributed by atoms with E-state index < -0.39 is 0 Å². The van der Waals surface area contributed by atoms with Crippen molar-refractivity contribution >= 4 is 0 Å². The van der Waals surface area contributed by atoms with Crippen LogP contribution in [0.1, 0.15) is 44.3 Å². The van der Waals surface area contributed by atoms with Gasteiger partial charge in [0.15, 0.2) is 0 Å². The van der Waals surface area contributed by atoms with Gasteiger partial charge in [-0.1, -0.05) is 24.6 Å². The largest absolute Gasteiger partial charge is 0.363 e. The number of pyridine rings is 1. The van der Waals surface area contributed by atoms with Crippen LogP contribution in [0.2, 0.25) is 0 Å². The second-order valence-corrected chi connectivity index (χ2v) is 5.57. The van der Waals surface area contributed by atoms with E-state index in [1.165, 1.54) is 11.1 Å². The van der Waals surface area contributed by atoms with Crippen LogP contribution in [0.15, 0.2) is 36.2 Å². The van der Waals surface area contributed by atoms with Crippen LogP contribution >= 0.6 is 0 Å². The highest BCUT2D eigenvalue weighted by molar-refractivity contribution is 5.23. The molecule has 1 atom stereocenters. The van der Waals surface area contributed by atoms with Crippen LogP contribution < -0.4 is 5.32 Å². The van der Waals surface area contributed by atoms with E-state index in [9.17, 15) is 0 Å². The van der Waals surface area contributed by atoms with Gasteiger partial charge >= 0.3 is 0 Å². The molecule has 0 saturated carbocycles. The molecule has 0 bridgehead atoms. The van der Waals surface area contributed by atoms with Gasteiger partial charge in [0.2, 0.25) is 0 Å². The lowest BCUT2D eigenvalue weighted by atomic mass is 9.84. The first kappa shape index (κ1) is 12.8. The molecule has 0 aliphatic carbocycles. The zero-order valence-electron chi connectivity index (χ0n) is 11.6. The molecule has 0 amide bonds. The molecule has 1 aromatic heterocycles. The average molecular weight is 258 g/mol. The van der Waals surface area contributed by atoms with Crippen LogP contribution in [0.25, 0.3) is 0 Å². The fraction of sp³-hybridized carbons (Fsp3) is 0.562. The summed E-state index contributed by atoms with van der Waals surface area (Å²) in [6.07, 6.45) is 10.6. The molecule has 1 unspecified atom stereocenters. The van der Waals surface area contributed by atoms with Gasteiger partial charge in [-0.3, -0.25) is 4.98 Å². The lowest BCUT2D eigenvalue weighted by Crippen LogP contribution is -2.45. The fourth-order valence-electron chi connectivity index (χ4n) is 3.14. The Labute approximate surface area is 115 Å². The quantitative estimate of drug-likeness (QED) is 0.828. The van der Waals surface area contributed by atoms with Gasteiger partial charge in [-0.2, -0.15) is 0 Å². The van der Waals surface area contributed by atoms with Crippen LogP contribution in [0.5, 0.6) is 0 Å². The van der Waals surface area contributed by atoms with Crippen LogP contribution in [-0.2, 0) is 4.74 Å². The molecule has 1 fully saturated rings. The Morgan fingerprint density at radius 2 is 2.26 bits per heavy atom. The van der Waals surface area contributed by atoms with E-state index in [1.54, 1.807) is 0 Å². The minimum absolute atomic E-state index is 0.0463. The molecule has 3 heterocycles. The van der Waals surface area contributed by atoms with E-state index in [4.69, 9.17) is 4.74 Å². The van der Waals surface area contributed by atoms with Gasteiger partial charge in [0, 0.05) is 12.4 Å². The number of rotatable bonds is 2. The number of nitrogens with one attached hydrogen (secondary N) is 1. The molecule has 19 heavy (non-hydrogen) atoms. The summed E-state index contributed by atoms with van der Waals surface area (Å²) in [6, 6.07) is 4.13. The van der Waals surface area contributed by atoms with Crippen molar-refractivity contribution in [2.24, 2.45) is 0 Å². The van der Waals surface area contributed by atoms with E-state index in [1.807, 2.05) is 18.5 Å². The van der Waals surface area contributed by atoms with E-state index in [0.29, 0.717) is 0 Å². The number of piperidine rings is 1. The third kappa shape index (κ3) is 2.72. The molecule has 2 aliphatic rings. The Morgan fingerprint density at radius 3 is 2.95 bits per heavy atom. The molecular weight excluding hydrogens is 236 g/mol. The van der Waals surface area contributed by atoms with Gasteiger partial charge in [0.05, 0.1) is 11.7 Å². The molecule has 1 aromatic rings. The number of aromatic nitrogens is 1. The maximum absolute atomic E-state index is 6.48. The molecule has 3 nitrogen and oxygen atoms in total. The molecule has 102 valence electrons. The monoisotopic (exact) mass is 258 g/mol. The molecule has 1 spiro atoms. The van der Waals surface area contributed by atoms with Gasteiger partial charge in [-0.05, 0) is 50.4 Å². The van der Waals surface area contributed by atoms with E-state index >= 15 is 0 Å². The Kier molecular flexibility index (Phi) is 3.67. The average Bonchev–Trinajstić information content (AvgIpc) is 2.48. The van der Waals surface area contributed by atoms with Crippen molar-refractivity contribution in [3.05, 3.63) is 41.7 Å². The van der Waals surface area contributed by atoms with Crippen LogP contribution in [0.3, 0.4) is 0 Å². The Bertz CT molecular complexity index is 449. The van der Waals surface area contributed by atoms with Crippen LogP contribution in [-0.4, -0.2) is 23.7 Å². The first-order valence-corrected chi connectivity index (χ1v) is 7.30. The standard InChI is InChI=1S/C16H22N2O/c1-2-13-10-15(14-4-3-7-18-12-14)19-16(11-13)5-8-17-9-6-16/h3-4,7,11-12,15,17H,2,5-6,8-10H2,1H3. The minimum Gasteiger partial charge on any atom is -0.363 e. The summed E-state index contributed by atoms with van der Waals surface area (Å²) in [5.41, 5.74) is 2.69. The van der Waals surface area contributed by atoms with Crippen LogP contribution in [0, 0.1) is 0 Å². The number of hydrogen-bond donors (Lipinski definition) is 1. The van der Waals surface area contributed by atoms with Crippen LogP contribution in [0.4, 0.5) is 0 Å². The zero-order valence-corrected chi connectivity index (χ0v) is 11.6. The van der Waals surface area contributed by atoms with Gasteiger partial charge in [-0.15, -0.1) is 0 Å². The molecule has 0 radical (unpaired) electrons. The second kappa shape index (κ2) is 5.43. The van der Waals surface area contributed by atoms with Crippen molar-refractivity contribution < 1.29 is 4.74 Å². The maximum Gasteiger partial charge on any atom is 0.0897 e. The molecule has 1 N–H and O–H groups in total. The second-order valence-electron chi connectivity index (χ2n) is 5.57. The third-order valence-electron chi connectivity index (χ3n) is 4.25. The lowest BCUT2D eigenvalue weighted by Gasteiger charge is -2.42. The predicted octanol–water partition coefficient (Wildman–Crippen LogP) is 3.00. The highest BCUT2D eigenvalue weighted by Gasteiger charge is 2.37. The topological polar surface area (TPSA) is 34.1 Å². The maximum atomic E-state index is 6.48. The number of ether oxygens (including phenoxy) is 1. The van der Waals surface area contributed by atoms with Gasteiger partial charge in [0.25, 0.3) is 0 Å². The summed E-state index contributed by atoms with van der Waals surface area (Å²) < 4.78 is 6.48. The van der Waals surface area contributed by atoms with Gasteiger partial charge in [-0.25, -0.2) is 0 Å². The molecule has 3 rings (SSSR count). The van der Waals surface area contributed by atoms with E-state index in [-0.39, 0.29) is 11.7 Å². The SMILES string of the molecule is CCC1=CC2(CCNCC2)OC(c2cccnc2)C1. The lowest BCUT2D eigenvalue weighted by molar-refractivity contribution is -0.0907. The summed E-state index contributed by atoms with van der Waals surface area (Å²) in [5, 5.41) is 3.42. The third-order valence-corrected chi connectivity index (χ3v) is 4.25. The molecule has 0 aromatic carbocycles. The van der Waals surface area contributed by atoms with Gasteiger partial charge in [0.1, 0.15) is 0 Å². The Morgan fingerprint density at radius 1 is 1.42 bits per heavy atom. The number of nitrogens with zero attached hydrogens (tertiary/aromatic N) is 1. The highest BCUT2D eigenvalue weighted by Crippen LogP contribution is 2.41. The molecule has 2 aliphatic heterocycles. The zero-order chi connectivity index (χ0) is 13.1. The van der Waals surface area contributed by atoms with Crippen molar-refractivity contribution in [1.82, 2.24) is 10.3 Å². The smallest absolute Gasteiger partial charge is 0.0897 e. The first-order chi connectivity index (χ1) is 9.31.